The topological polar surface area (TPSA) is 101 Å². The van der Waals surface area contributed by atoms with Crippen molar-refractivity contribution in [1.29, 1.82) is 0 Å². The highest BCUT2D eigenvalue weighted by Gasteiger charge is 2.39. The second-order valence-electron chi connectivity index (χ2n) is 9.28. The molecule has 1 fully saturated rings. The van der Waals surface area contributed by atoms with Gasteiger partial charge in [-0.2, -0.15) is 0 Å². The minimum Gasteiger partial charge on any atom is -0.391 e. The van der Waals surface area contributed by atoms with E-state index in [-0.39, 0.29) is 17.4 Å². The van der Waals surface area contributed by atoms with Crippen LogP contribution in [0.15, 0.2) is 29.8 Å². The molecule has 3 rings (SSSR count). The van der Waals surface area contributed by atoms with Crippen molar-refractivity contribution in [1.82, 2.24) is 15.2 Å². The number of ether oxygens (including phenoxy) is 1. The third-order valence-electron chi connectivity index (χ3n) is 5.68. The molecule has 1 amide bonds. The molecular weight excluding hydrogens is 412 g/mol. The first-order valence-electron chi connectivity index (χ1n) is 10.7. The maximum atomic E-state index is 12.8. The number of aromatic nitrogens is 1. The predicted octanol–water partition coefficient (Wildman–Crippen LogP) is 2.52. The van der Waals surface area contributed by atoms with Gasteiger partial charge in [-0.15, -0.1) is 11.3 Å². The van der Waals surface area contributed by atoms with Gasteiger partial charge in [-0.25, -0.2) is 4.98 Å². The fourth-order valence-corrected chi connectivity index (χ4v) is 4.50. The normalized spacial score (nSPS) is 20.3. The maximum Gasteiger partial charge on any atom is 0.240 e. The SMILES string of the molecule is Cc1ncsc1-c1ccc(CNCOC[C@@H]2C[C@@H](O)CN2C(=O)[C@@H](N)C(C)(C)C)cc1. The van der Waals surface area contributed by atoms with E-state index in [1.165, 1.54) is 16.0 Å². The van der Waals surface area contributed by atoms with Gasteiger partial charge in [0.1, 0.15) is 0 Å². The number of carbonyl (C=O) groups is 1. The van der Waals surface area contributed by atoms with Crippen molar-refractivity contribution in [3.8, 4) is 10.4 Å². The summed E-state index contributed by atoms with van der Waals surface area (Å²) in [6.45, 7) is 9.61. The maximum absolute atomic E-state index is 12.8. The van der Waals surface area contributed by atoms with Gasteiger partial charge in [0.25, 0.3) is 0 Å². The minimum absolute atomic E-state index is 0.123. The fraction of sp³-hybridized carbons (Fsp3) is 0.565. The van der Waals surface area contributed by atoms with E-state index >= 15 is 0 Å². The Bertz CT molecular complexity index is 862. The molecule has 1 aliphatic heterocycles. The summed E-state index contributed by atoms with van der Waals surface area (Å²) in [6.07, 6.45) is -0.0143. The number of rotatable bonds is 8. The first kappa shape index (κ1) is 23.8. The quantitative estimate of drug-likeness (QED) is 0.426. The van der Waals surface area contributed by atoms with Crippen LogP contribution < -0.4 is 11.1 Å². The molecule has 0 radical (unpaired) electrons. The lowest BCUT2D eigenvalue weighted by atomic mass is 9.86. The Morgan fingerprint density at radius 1 is 1.39 bits per heavy atom. The molecule has 1 aliphatic rings. The summed E-state index contributed by atoms with van der Waals surface area (Å²) < 4.78 is 5.77. The highest BCUT2D eigenvalue weighted by molar-refractivity contribution is 7.13. The molecule has 7 nitrogen and oxygen atoms in total. The van der Waals surface area contributed by atoms with Crippen LogP contribution in [-0.4, -0.2) is 59.0 Å². The molecule has 1 saturated heterocycles. The van der Waals surface area contributed by atoms with E-state index in [1.807, 2.05) is 33.2 Å². The van der Waals surface area contributed by atoms with E-state index in [1.54, 1.807) is 16.2 Å². The Balaban J connectivity index is 1.43. The number of likely N-dealkylation sites (tertiary alicyclic amines) is 1. The predicted molar refractivity (Wildman–Crippen MR) is 124 cm³/mol. The number of nitrogens with two attached hydrogens (primary N) is 1. The van der Waals surface area contributed by atoms with Crippen LogP contribution in [0.25, 0.3) is 10.4 Å². The van der Waals surface area contributed by atoms with Crippen molar-refractivity contribution in [2.75, 3.05) is 19.9 Å². The van der Waals surface area contributed by atoms with Crippen LogP contribution in [0.1, 0.15) is 38.4 Å². The lowest BCUT2D eigenvalue weighted by Gasteiger charge is -2.32. The van der Waals surface area contributed by atoms with Crippen molar-refractivity contribution >= 4 is 17.2 Å². The van der Waals surface area contributed by atoms with Crippen molar-refractivity contribution in [3.05, 3.63) is 41.0 Å². The molecule has 0 saturated carbocycles. The molecule has 31 heavy (non-hydrogen) atoms. The summed E-state index contributed by atoms with van der Waals surface area (Å²) in [4.78, 5) is 20.0. The number of hydrogen-bond donors (Lipinski definition) is 3. The van der Waals surface area contributed by atoms with Crippen LogP contribution in [0.2, 0.25) is 0 Å². The van der Waals surface area contributed by atoms with Gasteiger partial charge in [-0.05, 0) is 29.9 Å². The number of amides is 1. The number of benzene rings is 1. The summed E-state index contributed by atoms with van der Waals surface area (Å²) in [6, 6.07) is 7.67. The number of thiazole rings is 1. The molecule has 1 aromatic heterocycles. The van der Waals surface area contributed by atoms with E-state index in [9.17, 15) is 9.90 Å². The van der Waals surface area contributed by atoms with Gasteiger partial charge < -0.3 is 20.5 Å². The van der Waals surface area contributed by atoms with E-state index in [0.717, 1.165) is 5.69 Å². The van der Waals surface area contributed by atoms with Crippen molar-refractivity contribution in [3.63, 3.8) is 0 Å². The van der Waals surface area contributed by atoms with Crippen LogP contribution in [0.3, 0.4) is 0 Å². The number of aryl methyl sites for hydroxylation is 1. The number of nitrogens with zero attached hydrogens (tertiary/aromatic N) is 2. The molecule has 8 heteroatoms. The van der Waals surface area contributed by atoms with E-state index < -0.39 is 12.1 Å². The molecule has 0 bridgehead atoms. The number of aliphatic hydroxyl groups excluding tert-OH is 1. The van der Waals surface area contributed by atoms with Gasteiger partial charge in [0.2, 0.25) is 5.91 Å². The third kappa shape index (κ3) is 6.11. The Hall–Kier alpha value is -1.84. The largest absolute Gasteiger partial charge is 0.391 e. The number of hydrogen-bond acceptors (Lipinski definition) is 7. The van der Waals surface area contributed by atoms with E-state index in [4.69, 9.17) is 10.5 Å². The molecule has 2 heterocycles. The van der Waals surface area contributed by atoms with E-state index in [2.05, 4.69) is 34.6 Å². The zero-order chi connectivity index (χ0) is 22.6. The summed E-state index contributed by atoms with van der Waals surface area (Å²) in [5.41, 5.74) is 11.1. The Kier molecular flexibility index (Phi) is 7.82. The first-order chi connectivity index (χ1) is 14.7. The summed E-state index contributed by atoms with van der Waals surface area (Å²) >= 11 is 1.65. The Labute approximate surface area is 188 Å². The van der Waals surface area contributed by atoms with Crippen LogP contribution in [0, 0.1) is 12.3 Å². The average Bonchev–Trinajstić information content (AvgIpc) is 3.31. The van der Waals surface area contributed by atoms with Crippen LogP contribution in [0.4, 0.5) is 0 Å². The number of carbonyl (C=O) groups excluding carboxylic acids is 1. The lowest BCUT2D eigenvalue weighted by Crippen LogP contribution is -2.52. The molecule has 3 atom stereocenters. The number of aliphatic hydroxyl groups is 1. The smallest absolute Gasteiger partial charge is 0.240 e. The van der Waals surface area contributed by atoms with Gasteiger partial charge in [-0.3, -0.25) is 10.1 Å². The van der Waals surface area contributed by atoms with Gasteiger partial charge >= 0.3 is 0 Å². The Morgan fingerprint density at radius 3 is 2.71 bits per heavy atom. The number of nitrogens with one attached hydrogen (secondary N) is 1. The van der Waals surface area contributed by atoms with Gasteiger partial charge in [0, 0.05) is 13.1 Å². The van der Waals surface area contributed by atoms with Crippen LogP contribution in [0.5, 0.6) is 0 Å². The zero-order valence-corrected chi connectivity index (χ0v) is 19.6. The van der Waals surface area contributed by atoms with E-state index in [0.29, 0.717) is 32.8 Å². The molecule has 2 aromatic rings. The highest BCUT2D eigenvalue weighted by atomic mass is 32.1. The monoisotopic (exact) mass is 446 g/mol. The molecule has 0 unspecified atom stereocenters. The first-order valence-corrected chi connectivity index (χ1v) is 11.6. The lowest BCUT2D eigenvalue weighted by molar-refractivity contribution is -0.137. The molecule has 170 valence electrons. The fourth-order valence-electron chi connectivity index (χ4n) is 3.68. The average molecular weight is 447 g/mol. The second-order valence-corrected chi connectivity index (χ2v) is 10.1. The van der Waals surface area contributed by atoms with Gasteiger partial charge in [0.05, 0.1) is 47.6 Å². The third-order valence-corrected chi connectivity index (χ3v) is 6.66. The summed E-state index contributed by atoms with van der Waals surface area (Å²) in [5.74, 6) is -0.123. The Morgan fingerprint density at radius 2 is 2.10 bits per heavy atom. The molecule has 1 aromatic carbocycles. The number of β-amino-alcohol motifs (C(OH)–C–C–N with tert-alkyl or cyclic N) is 1. The summed E-state index contributed by atoms with van der Waals surface area (Å²) in [5, 5.41) is 13.3. The van der Waals surface area contributed by atoms with Crippen molar-refractivity contribution < 1.29 is 14.6 Å². The molecule has 4 N–H and O–H groups in total. The van der Waals surface area contributed by atoms with Gasteiger partial charge in [0.15, 0.2) is 0 Å². The van der Waals surface area contributed by atoms with Crippen LogP contribution >= 0.6 is 11.3 Å². The van der Waals surface area contributed by atoms with Crippen molar-refractivity contribution in [2.45, 2.75) is 58.8 Å². The van der Waals surface area contributed by atoms with Crippen molar-refractivity contribution in [2.24, 2.45) is 11.1 Å². The molecule has 0 spiro atoms. The molecule has 0 aliphatic carbocycles. The second kappa shape index (κ2) is 10.2. The highest BCUT2D eigenvalue weighted by Crippen LogP contribution is 2.27. The minimum atomic E-state index is -0.602. The standard InChI is InChI=1S/C23H34N4O3S/c1-15-20(31-14-26-15)17-7-5-16(6-8-17)10-25-13-30-12-18-9-19(28)11-27(18)22(29)21(24)23(2,3)4/h5-8,14,18-19,21,25,28H,9-13,24H2,1-4H3/t18-,19+,21+/m0/s1. The molecular formula is C23H34N4O3S. The zero-order valence-electron chi connectivity index (χ0n) is 18.8. The van der Waals surface area contributed by atoms with Crippen LogP contribution in [-0.2, 0) is 16.1 Å². The van der Waals surface area contributed by atoms with Gasteiger partial charge in [-0.1, -0.05) is 45.0 Å². The summed E-state index contributed by atoms with van der Waals surface area (Å²) in [7, 11) is 0.